The highest BCUT2D eigenvalue weighted by Gasteiger charge is 2.18. The molecular weight excluding hydrogens is 400 g/mol. The van der Waals surface area contributed by atoms with Gasteiger partial charge < -0.3 is 15.4 Å². The van der Waals surface area contributed by atoms with Crippen molar-refractivity contribution in [2.24, 2.45) is 5.92 Å². The Labute approximate surface area is 171 Å². The minimum atomic E-state index is -2.94. The van der Waals surface area contributed by atoms with Crippen molar-refractivity contribution in [3.05, 3.63) is 29.6 Å². The second kappa shape index (κ2) is 10.3. The smallest absolute Gasteiger partial charge is 0.387 e. The summed E-state index contributed by atoms with van der Waals surface area (Å²) in [5, 5.41) is 7.22. The summed E-state index contributed by atoms with van der Waals surface area (Å²) in [7, 11) is 0. The van der Waals surface area contributed by atoms with Crippen molar-refractivity contribution < 1.29 is 23.1 Å². The van der Waals surface area contributed by atoms with E-state index in [-0.39, 0.29) is 24.1 Å². The fourth-order valence-electron chi connectivity index (χ4n) is 3.40. The maximum Gasteiger partial charge on any atom is 0.387 e. The second-order valence-electron chi connectivity index (χ2n) is 6.95. The van der Waals surface area contributed by atoms with Crippen LogP contribution < -0.4 is 15.4 Å². The maximum atomic E-state index is 12.6. The third-order valence-electron chi connectivity index (χ3n) is 4.77. The fraction of sp³-hybridized carbons (Fsp3) is 0.450. The molecule has 1 aliphatic carbocycles. The van der Waals surface area contributed by atoms with Gasteiger partial charge in [0.15, 0.2) is 5.13 Å². The first-order valence-electron chi connectivity index (χ1n) is 9.57. The Morgan fingerprint density at radius 3 is 2.69 bits per heavy atom. The van der Waals surface area contributed by atoms with Crippen LogP contribution in [0.1, 0.15) is 38.5 Å². The average molecular weight is 423 g/mol. The zero-order valence-electron chi connectivity index (χ0n) is 15.8. The van der Waals surface area contributed by atoms with Gasteiger partial charge in [-0.1, -0.05) is 31.4 Å². The molecule has 0 atom stereocenters. The van der Waals surface area contributed by atoms with Gasteiger partial charge >= 0.3 is 6.61 Å². The third-order valence-corrected chi connectivity index (χ3v) is 5.53. The monoisotopic (exact) mass is 423 g/mol. The minimum absolute atomic E-state index is 0.0145. The van der Waals surface area contributed by atoms with E-state index in [0.29, 0.717) is 28.7 Å². The predicted molar refractivity (Wildman–Crippen MR) is 107 cm³/mol. The summed E-state index contributed by atoms with van der Waals surface area (Å²) >= 11 is 1.16. The Kier molecular flexibility index (Phi) is 7.51. The lowest BCUT2D eigenvalue weighted by Crippen LogP contribution is -2.34. The summed E-state index contributed by atoms with van der Waals surface area (Å²) in [5.74, 6) is -0.0885. The SMILES string of the molecule is O=C(CC1CCCCC1)NCC(=O)Nc1nc(-c2ccccc2OC(F)F)cs1. The molecule has 1 heterocycles. The number of carbonyl (C=O) groups excluding carboxylic acids is 2. The van der Waals surface area contributed by atoms with Crippen LogP contribution in [-0.2, 0) is 9.59 Å². The van der Waals surface area contributed by atoms with E-state index in [2.05, 4.69) is 20.4 Å². The van der Waals surface area contributed by atoms with Gasteiger partial charge in [-0.3, -0.25) is 9.59 Å². The summed E-state index contributed by atoms with van der Waals surface area (Å²) in [5.41, 5.74) is 0.827. The number of hydrogen-bond acceptors (Lipinski definition) is 5. The number of nitrogens with zero attached hydrogens (tertiary/aromatic N) is 1. The number of nitrogens with one attached hydrogen (secondary N) is 2. The molecule has 2 N–H and O–H groups in total. The van der Waals surface area contributed by atoms with Crippen molar-refractivity contribution in [3.63, 3.8) is 0 Å². The summed E-state index contributed by atoms with van der Waals surface area (Å²) in [6.07, 6.45) is 6.15. The van der Waals surface area contributed by atoms with Crippen LogP contribution in [0.5, 0.6) is 5.75 Å². The van der Waals surface area contributed by atoms with E-state index in [0.717, 1.165) is 37.0 Å². The molecule has 6 nitrogen and oxygen atoms in total. The van der Waals surface area contributed by atoms with Crippen LogP contribution in [0.4, 0.5) is 13.9 Å². The highest BCUT2D eigenvalue weighted by Crippen LogP contribution is 2.33. The molecule has 1 aromatic carbocycles. The molecule has 3 rings (SSSR count). The number of ether oxygens (including phenoxy) is 1. The molecule has 0 bridgehead atoms. The molecule has 1 saturated carbocycles. The van der Waals surface area contributed by atoms with Crippen molar-refractivity contribution in [2.75, 3.05) is 11.9 Å². The van der Waals surface area contributed by atoms with Crippen LogP contribution in [0, 0.1) is 5.92 Å². The normalized spacial score (nSPS) is 14.6. The fourth-order valence-corrected chi connectivity index (χ4v) is 4.13. The summed E-state index contributed by atoms with van der Waals surface area (Å²) < 4.78 is 29.6. The number of rotatable bonds is 8. The second-order valence-corrected chi connectivity index (χ2v) is 7.80. The van der Waals surface area contributed by atoms with Crippen LogP contribution in [0.25, 0.3) is 11.3 Å². The van der Waals surface area contributed by atoms with Crippen molar-refractivity contribution in [1.29, 1.82) is 0 Å². The van der Waals surface area contributed by atoms with E-state index in [1.54, 1.807) is 23.6 Å². The van der Waals surface area contributed by atoms with Crippen molar-refractivity contribution in [2.45, 2.75) is 45.1 Å². The number of halogens is 2. The summed E-state index contributed by atoms with van der Waals surface area (Å²) in [6, 6.07) is 6.32. The van der Waals surface area contributed by atoms with Crippen molar-refractivity contribution in [3.8, 4) is 17.0 Å². The van der Waals surface area contributed by atoms with Gasteiger partial charge in [0.05, 0.1) is 12.2 Å². The van der Waals surface area contributed by atoms with Gasteiger partial charge in [-0.05, 0) is 30.9 Å². The molecule has 156 valence electrons. The molecule has 0 unspecified atom stereocenters. The number of para-hydroxylation sites is 1. The van der Waals surface area contributed by atoms with E-state index in [1.807, 2.05) is 0 Å². The Morgan fingerprint density at radius 1 is 1.17 bits per heavy atom. The van der Waals surface area contributed by atoms with Gasteiger partial charge in [0.1, 0.15) is 5.75 Å². The number of hydrogen-bond donors (Lipinski definition) is 2. The molecule has 29 heavy (non-hydrogen) atoms. The number of thiazole rings is 1. The molecular formula is C20H23F2N3O3S. The van der Waals surface area contributed by atoms with Crippen LogP contribution in [0.2, 0.25) is 0 Å². The van der Waals surface area contributed by atoms with Crippen LogP contribution in [0.3, 0.4) is 0 Å². The molecule has 9 heteroatoms. The molecule has 1 fully saturated rings. The first-order chi connectivity index (χ1) is 14.0. The first-order valence-corrected chi connectivity index (χ1v) is 10.5. The summed E-state index contributed by atoms with van der Waals surface area (Å²) in [4.78, 5) is 28.3. The zero-order valence-corrected chi connectivity index (χ0v) is 16.6. The van der Waals surface area contributed by atoms with Gasteiger partial charge in [0, 0.05) is 17.4 Å². The molecule has 1 aliphatic rings. The zero-order chi connectivity index (χ0) is 20.6. The molecule has 1 aromatic heterocycles. The van der Waals surface area contributed by atoms with Gasteiger partial charge in [0.2, 0.25) is 11.8 Å². The van der Waals surface area contributed by atoms with Gasteiger partial charge in [0.25, 0.3) is 0 Å². The summed E-state index contributed by atoms with van der Waals surface area (Å²) in [6.45, 7) is -3.07. The standard InChI is InChI=1S/C20H23F2N3O3S/c21-19(22)28-16-9-5-4-8-14(16)15-12-29-20(24-15)25-18(27)11-23-17(26)10-13-6-2-1-3-7-13/h4-5,8-9,12-13,19H,1-3,6-7,10-11H2,(H,23,26)(H,24,25,27). The molecule has 0 aliphatic heterocycles. The molecule has 2 amide bonds. The highest BCUT2D eigenvalue weighted by molar-refractivity contribution is 7.14. The highest BCUT2D eigenvalue weighted by atomic mass is 32.1. The van der Waals surface area contributed by atoms with E-state index < -0.39 is 6.61 Å². The Bertz CT molecular complexity index is 838. The Hall–Kier alpha value is -2.55. The molecule has 0 spiro atoms. The van der Waals surface area contributed by atoms with Crippen LogP contribution in [0.15, 0.2) is 29.6 Å². The average Bonchev–Trinajstić information content (AvgIpc) is 3.15. The quantitative estimate of drug-likeness (QED) is 0.658. The lowest BCUT2D eigenvalue weighted by Gasteiger charge is -2.20. The Morgan fingerprint density at radius 2 is 1.93 bits per heavy atom. The van der Waals surface area contributed by atoms with Gasteiger partial charge in [-0.25, -0.2) is 4.98 Å². The maximum absolute atomic E-state index is 12.6. The number of amides is 2. The number of alkyl halides is 2. The van der Waals surface area contributed by atoms with E-state index in [9.17, 15) is 18.4 Å². The molecule has 0 saturated heterocycles. The molecule has 2 aromatic rings. The minimum Gasteiger partial charge on any atom is -0.434 e. The number of carbonyl (C=O) groups is 2. The topological polar surface area (TPSA) is 80.3 Å². The van der Waals surface area contributed by atoms with E-state index in [1.165, 1.54) is 12.5 Å². The largest absolute Gasteiger partial charge is 0.434 e. The first kappa shape index (κ1) is 21.2. The van der Waals surface area contributed by atoms with Crippen molar-refractivity contribution in [1.82, 2.24) is 10.3 Å². The van der Waals surface area contributed by atoms with E-state index >= 15 is 0 Å². The van der Waals surface area contributed by atoms with Crippen LogP contribution >= 0.6 is 11.3 Å². The number of benzene rings is 1. The number of aromatic nitrogens is 1. The van der Waals surface area contributed by atoms with E-state index in [4.69, 9.17) is 0 Å². The Balaban J connectivity index is 1.51. The molecule has 0 radical (unpaired) electrons. The lowest BCUT2D eigenvalue weighted by molar-refractivity contribution is -0.125. The van der Waals surface area contributed by atoms with Gasteiger partial charge in [-0.15, -0.1) is 11.3 Å². The lowest BCUT2D eigenvalue weighted by atomic mass is 9.87. The third kappa shape index (κ3) is 6.49. The van der Waals surface area contributed by atoms with Crippen LogP contribution in [-0.4, -0.2) is 30.0 Å². The number of anilines is 1. The predicted octanol–water partition coefficient (Wildman–Crippen LogP) is 4.44. The van der Waals surface area contributed by atoms with Crippen molar-refractivity contribution >= 4 is 28.3 Å². The van der Waals surface area contributed by atoms with Gasteiger partial charge in [-0.2, -0.15) is 8.78 Å².